The minimum Gasteiger partial charge on any atom is -0.497 e. The molecule has 30 heavy (non-hydrogen) atoms. The fourth-order valence-corrected chi connectivity index (χ4v) is 4.24. The number of pyridine rings is 1. The summed E-state index contributed by atoms with van der Waals surface area (Å²) < 4.78 is 7.52. The number of imidazole rings is 1. The molecule has 2 heterocycles. The number of aryl methyl sites for hydroxylation is 3. The van der Waals surface area contributed by atoms with Crippen LogP contribution in [0.2, 0.25) is 0 Å². The molecule has 0 aliphatic heterocycles. The number of benzene rings is 3. The van der Waals surface area contributed by atoms with Crippen molar-refractivity contribution in [3.8, 4) is 22.6 Å². The van der Waals surface area contributed by atoms with E-state index in [2.05, 4.69) is 71.9 Å². The zero-order chi connectivity index (χ0) is 20.8. The summed E-state index contributed by atoms with van der Waals surface area (Å²) >= 11 is 0. The van der Waals surface area contributed by atoms with Gasteiger partial charge in [-0.2, -0.15) is 0 Å². The molecule has 0 fully saturated rings. The van der Waals surface area contributed by atoms with Crippen molar-refractivity contribution in [2.45, 2.75) is 20.8 Å². The highest BCUT2D eigenvalue weighted by Crippen LogP contribution is 2.32. The van der Waals surface area contributed by atoms with E-state index in [1.807, 2.05) is 25.3 Å². The molecule has 0 atom stereocenters. The Morgan fingerprint density at radius 3 is 2.20 bits per heavy atom. The van der Waals surface area contributed by atoms with Gasteiger partial charge in [-0.05, 0) is 68.3 Å². The molecule has 0 amide bonds. The zero-order valence-electron chi connectivity index (χ0n) is 17.6. The maximum absolute atomic E-state index is 5.32. The number of hydrogen-bond donors (Lipinski definition) is 0. The molecule has 148 valence electrons. The summed E-state index contributed by atoms with van der Waals surface area (Å²) in [6, 6.07) is 21.2. The summed E-state index contributed by atoms with van der Waals surface area (Å²) in [6.45, 7) is 6.31. The second-order valence-corrected chi connectivity index (χ2v) is 7.79. The Kier molecular flexibility index (Phi) is 4.28. The standard InChI is InChI=1S/C26H23N3O/c1-16-11-17(2)13-20(12-16)19-5-10-24-23(14-19)26-25(15-27-24)28-18(3)29(26)21-6-8-22(30-4)9-7-21/h5-15H,1-4H3. The first-order chi connectivity index (χ1) is 14.5. The lowest BCUT2D eigenvalue weighted by molar-refractivity contribution is 0.415. The third-order valence-electron chi connectivity index (χ3n) is 5.54. The molecule has 0 N–H and O–H groups in total. The number of hydrogen-bond acceptors (Lipinski definition) is 3. The Hall–Kier alpha value is -3.66. The molecular formula is C26H23N3O. The third-order valence-corrected chi connectivity index (χ3v) is 5.54. The summed E-state index contributed by atoms with van der Waals surface area (Å²) in [5.41, 5.74) is 8.93. The van der Waals surface area contributed by atoms with Crippen LogP contribution in [0.3, 0.4) is 0 Å². The Labute approximate surface area is 175 Å². The molecule has 0 saturated carbocycles. The molecule has 0 radical (unpaired) electrons. The molecule has 3 aromatic carbocycles. The van der Waals surface area contributed by atoms with Gasteiger partial charge in [-0.15, -0.1) is 0 Å². The first-order valence-electron chi connectivity index (χ1n) is 10.0. The average Bonchev–Trinajstić information content (AvgIpc) is 3.09. The molecular weight excluding hydrogens is 370 g/mol. The van der Waals surface area contributed by atoms with Crippen molar-refractivity contribution in [2.24, 2.45) is 0 Å². The number of nitrogens with zero attached hydrogens (tertiary/aromatic N) is 3. The Bertz CT molecular complexity index is 1380. The molecule has 0 aliphatic rings. The van der Waals surface area contributed by atoms with Crippen LogP contribution >= 0.6 is 0 Å². The lowest BCUT2D eigenvalue weighted by Gasteiger charge is -2.11. The summed E-state index contributed by atoms with van der Waals surface area (Å²) in [7, 11) is 1.68. The van der Waals surface area contributed by atoms with Gasteiger partial charge in [0.2, 0.25) is 0 Å². The van der Waals surface area contributed by atoms with Crippen LogP contribution in [-0.2, 0) is 0 Å². The smallest absolute Gasteiger partial charge is 0.119 e. The molecule has 0 bridgehead atoms. The average molecular weight is 393 g/mol. The molecule has 5 rings (SSSR count). The van der Waals surface area contributed by atoms with Crippen molar-refractivity contribution < 1.29 is 4.74 Å². The SMILES string of the molecule is COc1ccc(-n2c(C)nc3cnc4ccc(-c5cc(C)cc(C)c5)cc4c32)cc1. The maximum atomic E-state index is 5.32. The van der Waals surface area contributed by atoms with E-state index in [4.69, 9.17) is 9.72 Å². The maximum Gasteiger partial charge on any atom is 0.119 e. The largest absolute Gasteiger partial charge is 0.497 e. The highest BCUT2D eigenvalue weighted by molar-refractivity contribution is 6.04. The zero-order valence-corrected chi connectivity index (χ0v) is 17.6. The first-order valence-corrected chi connectivity index (χ1v) is 10.0. The van der Waals surface area contributed by atoms with E-state index in [1.54, 1.807) is 7.11 Å². The van der Waals surface area contributed by atoms with Gasteiger partial charge in [-0.1, -0.05) is 35.4 Å². The van der Waals surface area contributed by atoms with Crippen molar-refractivity contribution in [1.29, 1.82) is 0 Å². The van der Waals surface area contributed by atoms with E-state index in [-0.39, 0.29) is 0 Å². The number of aromatic nitrogens is 3. The van der Waals surface area contributed by atoms with E-state index >= 15 is 0 Å². The second-order valence-electron chi connectivity index (χ2n) is 7.79. The number of ether oxygens (including phenoxy) is 1. The van der Waals surface area contributed by atoms with Gasteiger partial charge < -0.3 is 4.74 Å². The Morgan fingerprint density at radius 1 is 0.767 bits per heavy atom. The highest BCUT2D eigenvalue weighted by Gasteiger charge is 2.14. The lowest BCUT2D eigenvalue weighted by Crippen LogP contribution is -1.98. The molecule has 0 spiro atoms. The topological polar surface area (TPSA) is 39.9 Å². The van der Waals surface area contributed by atoms with Gasteiger partial charge in [0.1, 0.15) is 17.1 Å². The lowest BCUT2D eigenvalue weighted by atomic mass is 9.99. The van der Waals surface area contributed by atoms with Crippen molar-refractivity contribution in [3.05, 3.63) is 83.8 Å². The van der Waals surface area contributed by atoms with Gasteiger partial charge in [-0.3, -0.25) is 9.55 Å². The van der Waals surface area contributed by atoms with Crippen LogP contribution in [0.5, 0.6) is 5.75 Å². The Balaban J connectivity index is 1.79. The van der Waals surface area contributed by atoms with Crippen molar-refractivity contribution in [2.75, 3.05) is 7.11 Å². The fourth-order valence-electron chi connectivity index (χ4n) is 4.24. The van der Waals surface area contributed by atoms with Crippen LogP contribution in [0.4, 0.5) is 0 Å². The van der Waals surface area contributed by atoms with Crippen molar-refractivity contribution in [1.82, 2.24) is 14.5 Å². The predicted molar refractivity (Wildman–Crippen MR) is 123 cm³/mol. The van der Waals surface area contributed by atoms with E-state index in [0.717, 1.165) is 39.2 Å². The van der Waals surface area contributed by atoms with Gasteiger partial charge in [0, 0.05) is 11.1 Å². The van der Waals surface area contributed by atoms with Crippen LogP contribution in [0.1, 0.15) is 17.0 Å². The minimum absolute atomic E-state index is 0.837. The van der Waals surface area contributed by atoms with Crippen LogP contribution in [0.15, 0.2) is 66.9 Å². The number of methoxy groups -OCH3 is 1. The van der Waals surface area contributed by atoms with Crippen molar-refractivity contribution in [3.63, 3.8) is 0 Å². The first kappa shape index (κ1) is 18.4. The van der Waals surface area contributed by atoms with Gasteiger partial charge in [-0.25, -0.2) is 4.98 Å². The van der Waals surface area contributed by atoms with Crippen molar-refractivity contribution >= 4 is 21.9 Å². The number of rotatable bonds is 3. The quantitative estimate of drug-likeness (QED) is 0.368. The van der Waals surface area contributed by atoms with Crippen LogP contribution in [0.25, 0.3) is 38.8 Å². The summed E-state index contributed by atoms with van der Waals surface area (Å²) in [5, 5.41) is 1.10. The number of fused-ring (bicyclic) bond motifs is 3. The summed E-state index contributed by atoms with van der Waals surface area (Å²) in [4.78, 5) is 9.44. The summed E-state index contributed by atoms with van der Waals surface area (Å²) in [6.07, 6.45) is 1.86. The van der Waals surface area contributed by atoms with Gasteiger partial charge in [0.05, 0.1) is 24.3 Å². The normalized spacial score (nSPS) is 11.3. The van der Waals surface area contributed by atoms with E-state index in [1.165, 1.54) is 22.3 Å². The third kappa shape index (κ3) is 3.01. The molecule has 0 saturated heterocycles. The van der Waals surface area contributed by atoms with Gasteiger partial charge >= 0.3 is 0 Å². The van der Waals surface area contributed by atoms with Crippen LogP contribution in [0, 0.1) is 20.8 Å². The predicted octanol–water partition coefficient (Wildman–Crippen LogP) is 6.17. The van der Waals surface area contributed by atoms with Gasteiger partial charge in [0.15, 0.2) is 0 Å². The molecule has 5 aromatic rings. The molecule has 2 aromatic heterocycles. The summed E-state index contributed by atoms with van der Waals surface area (Å²) in [5.74, 6) is 1.77. The molecule has 4 nitrogen and oxygen atoms in total. The van der Waals surface area contributed by atoms with E-state index < -0.39 is 0 Å². The molecule has 4 heteroatoms. The highest BCUT2D eigenvalue weighted by atomic mass is 16.5. The van der Waals surface area contributed by atoms with Crippen LogP contribution in [-0.4, -0.2) is 21.6 Å². The molecule has 0 aliphatic carbocycles. The monoisotopic (exact) mass is 393 g/mol. The second kappa shape index (κ2) is 6.99. The van der Waals surface area contributed by atoms with Gasteiger partial charge in [0.25, 0.3) is 0 Å². The van der Waals surface area contributed by atoms with E-state index in [0.29, 0.717) is 0 Å². The van der Waals surface area contributed by atoms with Crippen LogP contribution < -0.4 is 4.74 Å². The Morgan fingerprint density at radius 2 is 1.50 bits per heavy atom. The minimum atomic E-state index is 0.837. The van der Waals surface area contributed by atoms with E-state index in [9.17, 15) is 0 Å². The molecule has 0 unspecified atom stereocenters. The fraction of sp³-hybridized carbons (Fsp3) is 0.154.